The van der Waals surface area contributed by atoms with E-state index in [0.29, 0.717) is 12.2 Å². The standard InChI is InChI=1S/C16H19N3O/c1-12(14-8-5-9-15(17)10-14)19-16(20)18-11-13-6-3-2-4-7-13/h2-10,12H,11,17H2,1H3,(H2,18,19,20). The molecule has 104 valence electrons. The fourth-order valence-electron chi connectivity index (χ4n) is 1.94. The fourth-order valence-corrected chi connectivity index (χ4v) is 1.94. The summed E-state index contributed by atoms with van der Waals surface area (Å²) >= 11 is 0. The Hall–Kier alpha value is -2.49. The predicted octanol–water partition coefficient (Wildman–Crippen LogP) is 2.83. The molecule has 0 bridgehead atoms. The number of urea groups is 1. The molecule has 0 spiro atoms. The Morgan fingerprint density at radius 2 is 1.90 bits per heavy atom. The monoisotopic (exact) mass is 269 g/mol. The van der Waals surface area contributed by atoms with E-state index < -0.39 is 0 Å². The number of benzene rings is 2. The minimum atomic E-state index is -0.191. The van der Waals surface area contributed by atoms with Gasteiger partial charge in [0.2, 0.25) is 0 Å². The zero-order chi connectivity index (χ0) is 14.4. The van der Waals surface area contributed by atoms with Gasteiger partial charge >= 0.3 is 6.03 Å². The van der Waals surface area contributed by atoms with Crippen LogP contribution in [-0.4, -0.2) is 6.03 Å². The number of nitrogens with two attached hydrogens (primary N) is 1. The highest BCUT2D eigenvalue weighted by molar-refractivity contribution is 5.74. The van der Waals surface area contributed by atoms with Gasteiger partial charge in [-0.2, -0.15) is 0 Å². The Kier molecular flexibility index (Phi) is 4.60. The SMILES string of the molecule is CC(NC(=O)NCc1ccccc1)c1cccc(N)c1. The summed E-state index contributed by atoms with van der Waals surface area (Å²) in [5.74, 6) is 0. The number of nitrogens with one attached hydrogen (secondary N) is 2. The molecule has 2 aromatic rings. The van der Waals surface area contributed by atoms with Gasteiger partial charge in [-0.15, -0.1) is 0 Å². The second-order valence-corrected chi connectivity index (χ2v) is 4.70. The molecule has 0 saturated heterocycles. The van der Waals surface area contributed by atoms with Gasteiger partial charge in [0.1, 0.15) is 0 Å². The highest BCUT2D eigenvalue weighted by atomic mass is 16.2. The van der Waals surface area contributed by atoms with E-state index in [1.54, 1.807) is 0 Å². The molecule has 1 atom stereocenters. The van der Waals surface area contributed by atoms with Gasteiger partial charge in [0.25, 0.3) is 0 Å². The second-order valence-electron chi connectivity index (χ2n) is 4.70. The zero-order valence-electron chi connectivity index (χ0n) is 11.5. The number of amides is 2. The van der Waals surface area contributed by atoms with Gasteiger partial charge < -0.3 is 16.4 Å². The van der Waals surface area contributed by atoms with Crippen molar-refractivity contribution in [2.45, 2.75) is 19.5 Å². The molecule has 1 unspecified atom stereocenters. The van der Waals surface area contributed by atoms with Crippen LogP contribution >= 0.6 is 0 Å². The molecule has 4 heteroatoms. The van der Waals surface area contributed by atoms with Crippen molar-refractivity contribution in [2.24, 2.45) is 0 Å². The lowest BCUT2D eigenvalue weighted by Crippen LogP contribution is -2.36. The Morgan fingerprint density at radius 3 is 2.60 bits per heavy atom. The van der Waals surface area contributed by atoms with Gasteiger partial charge in [-0.3, -0.25) is 0 Å². The molecule has 0 aliphatic rings. The first kappa shape index (κ1) is 13.9. The highest BCUT2D eigenvalue weighted by Gasteiger charge is 2.09. The van der Waals surface area contributed by atoms with Gasteiger partial charge in [0, 0.05) is 12.2 Å². The van der Waals surface area contributed by atoms with Crippen LogP contribution in [0.1, 0.15) is 24.1 Å². The maximum atomic E-state index is 11.8. The second kappa shape index (κ2) is 6.61. The van der Waals surface area contributed by atoms with Crippen LogP contribution in [0.2, 0.25) is 0 Å². The summed E-state index contributed by atoms with van der Waals surface area (Å²) in [5.41, 5.74) is 8.48. The number of carbonyl (C=O) groups is 1. The van der Waals surface area contributed by atoms with E-state index >= 15 is 0 Å². The molecule has 20 heavy (non-hydrogen) atoms. The number of rotatable bonds is 4. The van der Waals surface area contributed by atoms with Gasteiger partial charge in [0.05, 0.1) is 6.04 Å². The highest BCUT2D eigenvalue weighted by Crippen LogP contribution is 2.14. The van der Waals surface area contributed by atoms with Crippen molar-refractivity contribution in [3.05, 3.63) is 65.7 Å². The lowest BCUT2D eigenvalue weighted by Gasteiger charge is -2.15. The third-order valence-electron chi connectivity index (χ3n) is 3.05. The largest absolute Gasteiger partial charge is 0.399 e. The van der Waals surface area contributed by atoms with E-state index in [-0.39, 0.29) is 12.1 Å². The summed E-state index contributed by atoms with van der Waals surface area (Å²) in [6, 6.07) is 17.0. The molecule has 2 aromatic carbocycles. The van der Waals surface area contributed by atoms with Crippen molar-refractivity contribution >= 4 is 11.7 Å². The van der Waals surface area contributed by atoms with E-state index in [1.807, 2.05) is 61.5 Å². The summed E-state index contributed by atoms with van der Waals surface area (Å²) in [6.07, 6.45) is 0. The molecular weight excluding hydrogens is 250 g/mol. The molecule has 0 fully saturated rings. The van der Waals surface area contributed by atoms with Crippen molar-refractivity contribution in [1.82, 2.24) is 10.6 Å². The van der Waals surface area contributed by atoms with Gasteiger partial charge in [-0.25, -0.2) is 4.79 Å². The molecule has 4 nitrogen and oxygen atoms in total. The van der Waals surface area contributed by atoms with Crippen molar-refractivity contribution in [1.29, 1.82) is 0 Å². The predicted molar refractivity (Wildman–Crippen MR) is 81.1 cm³/mol. The summed E-state index contributed by atoms with van der Waals surface area (Å²) < 4.78 is 0. The Morgan fingerprint density at radius 1 is 1.15 bits per heavy atom. The molecule has 4 N–H and O–H groups in total. The third kappa shape index (κ3) is 4.02. The zero-order valence-corrected chi connectivity index (χ0v) is 11.5. The number of hydrogen-bond acceptors (Lipinski definition) is 2. The fraction of sp³-hybridized carbons (Fsp3) is 0.188. The first-order chi connectivity index (χ1) is 9.65. The van der Waals surface area contributed by atoms with Crippen LogP contribution in [0, 0.1) is 0 Å². The Bertz CT molecular complexity index is 569. The summed E-state index contributed by atoms with van der Waals surface area (Å²) in [7, 11) is 0. The number of carbonyl (C=O) groups excluding carboxylic acids is 1. The molecule has 2 rings (SSSR count). The summed E-state index contributed by atoms with van der Waals surface area (Å²) in [4.78, 5) is 11.8. The smallest absolute Gasteiger partial charge is 0.315 e. The van der Waals surface area contributed by atoms with Crippen molar-refractivity contribution in [2.75, 3.05) is 5.73 Å². The molecular formula is C16H19N3O. The van der Waals surface area contributed by atoms with Crippen molar-refractivity contribution in [3.8, 4) is 0 Å². The van der Waals surface area contributed by atoms with Crippen LogP contribution in [0.4, 0.5) is 10.5 Å². The summed E-state index contributed by atoms with van der Waals surface area (Å²) in [5, 5.41) is 5.72. The van der Waals surface area contributed by atoms with Crippen LogP contribution in [0.5, 0.6) is 0 Å². The lowest BCUT2D eigenvalue weighted by molar-refractivity contribution is 0.237. The minimum Gasteiger partial charge on any atom is -0.399 e. The molecule has 0 heterocycles. The molecule has 0 saturated carbocycles. The van der Waals surface area contributed by atoms with Crippen molar-refractivity contribution < 1.29 is 4.79 Å². The van der Waals surface area contributed by atoms with Crippen LogP contribution < -0.4 is 16.4 Å². The maximum absolute atomic E-state index is 11.8. The van der Waals surface area contributed by atoms with E-state index in [9.17, 15) is 4.79 Å². The van der Waals surface area contributed by atoms with E-state index in [0.717, 1.165) is 11.1 Å². The molecule has 2 amide bonds. The third-order valence-corrected chi connectivity index (χ3v) is 3.05. The molecule has 0 aliphatic carbocycles. The summed E-state index contributed by atoms with van der Waals surface area (Å²) in [6.45, 7) is 2.44. The first-order valence-corrected chi connectivity index (χ1v) is 6.59. The topological polar surface area (TPSA) is 67.2 Å². The van der Waals surface area contributed by atoms with Gasteiger partial charge in [-0.1, -0.05) is 42.5 Å². The first-order valence-electron chi connectivity index (χ1n) is 6.59. The average Bonchev–Trinajstić information content (AvgIpc) is 2.46. The maximum Gasteiger partial charge on any atom is 0.315 e. The van der Waals surface area contributed by atoms with Gasteiger partial charge in [0.15, 0.2) is 0 Å². The Labute approximate surface area is 119 Å². The van der Waals surface area contributed by atoms with Crippen LogP contribution in [0.3, 0.4) is 0 Å². The minimum absolute atomic E-state index is 0.0886. The van der Waals surface area contributed by atoms with Crippen LogP contribution in [0.25, 0.3) is 0 Å². The van der Waals surface area contributed by atoms with Crippen LogP contribution in [0.15, 0.2) is 54.6 Å². The van der Waals surface area contributed by atoms with E-state index in [4.69, 9.17) is 5.73 Å². The number of nitrogen functional groups attached to an aromatic ring is 1. The number of hydrogen-bond donors (Lipinski definition) is 3. The number of anilines is 1. The molecule has 0 aromatic heterocycles. The molecule has 0 aliphatic heterocycles. The quantitative estimate of drug-likeness (QED) is 0.747. The van der Waals surface area contributed by atoms with Crippen LogP contribution in [-0.2, 0) is 6.54 Å². The Balaban J connectivity index is 1.85. The van der Waals surface area contributed by atoms with Gasteiger partial charge in [-0.05, 0) is 30.2 Å². The molecule has 0 radical (unpaired) electrons. The van der Waals surface area contributed by atoms with E-state index in [1.165, 1.54) is 0 Å². The lowest BCUT2D eigenvalue weighted by atomic mass is 10.1. The van der Waals surface area contributed by atoms with Crippen molar-refractivity contribution in [3.63, 3.8) is 0 Å². The normalized spacial score (nSPS) is 11.7. The average molecular weight is 269 g/mol. The van der Waals surface area contributed by atoms with E-state index in [2.05, 4.69) is 10.6 Å².